The number of benzene rings is 3. The molecule has 0 saturated heterocycles. The van der Waals surface area contributed by atoms with Crippen molar-refractivity contribution in [2.45, 2.75) is 48.4 Å². The predicted octanol–water partition coefficient (Wildman–Crippen LogP) is 6.25. The number of hydrogen-bond donors (Lipinski definition) is 2. The molecule has 9 heteroatoms. The Hall–Kier alpha value is -2.81. The standard InChI is InChI=1S/C28H26ClF2NO4S/c1-28(34)17-7-8-18(28)12-20(11-17)37(35,36)26-15-22(21(14-23(26)29)16-5-3-2-4-6-16)27(33)32-19-9-10-24(30)25(31)13-19/h2-6,9-10,13-15,17-18,20,34H,7-8,11-12H2,1H3,(H,32,33)/t17?,18?,20-,28-. The molecule has 194 valence electrons. The molecule has 1 amide bonds. The minimum atomic E-state index is -3.94. The van der Waals surface area contributed by atoms with Crippen molar-refractivity contribution >= 4 is 33.0 Å². The molecule has 3 aromatic carbocycles. The molecule has 0 spiro atoms. The molecule has 2 bridgehead atoms. The average molecular weight is 546 g/mol. The molecule has 3 aromatic rings. The normalized spacial score (nSPS) is 25.2. The summed E-state index contributed by atoms with van der Waals surface area (Å²) < 4.78 is 54.7. The van der Waals surface area contributed by atoms with Gasteiger partial charge >= 0.3 is 0 Å². The first kappa shape index (κ1) is 25.8. The molecule has 2 saturated carbocycles. The van der Waals surface area contributed by atoms with Crippen LogP contribution >= 0.6 is 11.6 Å². The van der Waals surface area contributed by atoms with E-state index in [2.05, 4.69) is 5.32 Å². The predicted molar refractivity (Wildman–Crippen MR) is 138 cm³/mol. The van der Waals surface area contributed by atoms with Gasteiger partial charge in [-0.2, -0.15) is 0 Å². The van der Waals surface area contributed by atoms with Crippen LogP contribution in [-0.2, 0) is 9.84 Å². The van der Waals surface area contributed by atoms with Crippen molar-refractivity contribution in [1.29, 1.82) is 0 Å². The second-order valence-corrected chi connectivity index (χ2v) is 12.7. The fraction of sp³-hybridized carbons (Fsp3) is 0.321. The molecule has 0 aliphatic heterocycles. The quantitative estimate of drug-likeness (QED) is 0.397. The van der Waals surface area contributed by atoms with E-state index >= 15 is 0 Å². The van der Waals surface area contributed by atoms with Gasteiger partial charge in [-0.3, -0.25) is 4.79 Å². The molecule has 2 atom stereocenters. The van der Waals surface area contributed by atoms with Gasteiger partial charge in [0.2, 0.25) is 0 Å². The Bertz CT molecular complexity index is 1460. The molecule has 5 rings (SSSR count). The number of carbonyl (C=O) groups is 1. The second kappa shape index (κ2) is 9.49. The fourth-order valence-corrected chi connectivity index (χ4v) is 8.21. The Labute approximate surface area is 219 Å². The lowest BCUT2D eigenvalue weighted by atomic mass is 9.76. The van der Waals surface area contributed by atoms with Gasteiger partial charge in [-0.25, -0.2) is 17.2 Å². The highest BCUT2D eigenvalue weighted by Gasteiger charge is 2.53. The van der Waals surface area contributed by atoms with Crippen molar-refractivity contribution in [2.75, 3.05) is 5.32 Å². The second-order valence-electron chi connectivity index (χ2n) is 10.1. The molecule has 2 aliphatic rings. The van der Waals surface area contributed by atoms with Gasteiger partial charge in [0.15, 0.2) is 21.5 Å². The maximum Gasteiger partial charge on any atom is 0.256 e. The van der Waals surface area contributed by atoms with Gasteiger partial charge < -0.3 is 10.4 Å². The van der Waals surface area contributed by atoms with Gasteiger partial charge in [-0.05, 0) is 79.8 Å². The van der Waals surface area contributed by atoms with Crippen molar-refractivity contribution in [3.63, 3.8) is 0 Å². The van der Waals surface area contributed by atoms with Gasteiger partial charge in [0, 0.05) is 17.3 Å². The van der Waals surface area contributed by atoms with Crippen LogP contribution in [0.15, 0.2) is 65.6 Å². The lowest BCUT2D eigenvalue weighted by Gasteiger charge is -2.40. The molecule has 0 aromatic heterocycles. The Kier molecular flexibility index (Phi) is 6.63. The molecule has 2 aliphatic carbocycles. The van der Waals surface area contributed by atoms with Crippen molar-refractivity contribution in [2.24, 2.45) is 11.8 Å². The number of sulfone groups is 1. The Morgan fingerprint density at radius 3 is 2.27 bits per heavy atom. The first-order valence-corrected chi connectivity index (χ1v) is 14.0. The zero-order valence-corrected chi connectivity index (χ0v) is 21.6. The van der Waals surface area contributed by atoms with E-state index in [-0.39, 0.29) is 33.0 Å². The van der Waals surface area contributed by atoms with E-state index in [9.17, 15) is 27.1 Å². The van der Waals surface area contributed by atoms with Crippen LogP contribution in [0.25, 0.3) is 11.1 Å². The van der Waals surface area contributed by atoms with Gasteiger partial charge in [0.1, 0.15) is 0 Å². The molecule has 2 fully saturated rings. The number of nitrogens with one attached hydrogen (secondary N) is 1. The minimum Gasteiger partial charge on any atom is -0.390 e. The van der Waals surface area contributed by atoms with E-state index in [0.29, 0.717) is 24.0 Å². The topological polar surface area (TPSA) is 83.5 Å². The Balaban J connectivity index is 1.57. The Morgan fingerprint density at radius 2 is 1.65 bits per heavy atom. The largest absolute Gasteiger partial charge is 0.390 e. The van der Waals surface area contributed by atoms with E-state index < -0.39 is 38.2 Å². The number of hydrogen-bond acceptors (Lipinski definition) is 4. The van der Waals surface area contributed by atoms with Gasteiger partial charge in [-0.15, -0.1) is 0 Å². The summed E-state index contributed by atoms with van der Waals surface area (Å²) in [5, 5.41) is 12.6. The number of rotatable bonds is 5. The van der Waals surface area contributed by atoms with Crippen molar-refractivity contribution in [3.8, 4) is 11.1 Å². The maximum absolute atomic E-state index is 13.8. The zero-order chi connectivity index (χ0) is 26.5. The summed E-state index contributed by atoms with van der Waals surface area (Å²) in [4.78, 5) is 13.2. The van der Waals surface area contributed by atoms with E-state index in [4.69, 9.17) is 11.6 Å². The first-order chi connectivity index (χ1) is 17.5. The van der Waals surface area contributed by atoms with Gasteiger partial charge in [-0.1, -0.05) is 41.9 Å². The number of aliphatic hydroxyl groups is 1. The van der Waals surface area contributed by atoms with E-state index in [1.54, 1.807) is 37.3 Å². The summed E-state index contributed by atoms with van der Waals surface area (Å²) in [5.41, 5.74) is 0.201. The number of halogens is 3. The van der Waals surface area contributed by atoms with E-state index in [1.165, 1.54) is 18.2 Å². The van der Waals surface area contributed by atoms with Crippen LogP contribution in [-0.4, -0.2) is 30.3 Å². The molecular formula is C28H26ClF2NO4S. The highest BCUT2D eigenvalue weighted by Crippen LogP contribution is 2.52. The minimum absolute atomic E-state index is 0.00656. The molecule has 2 unspecified atom stereocenters. The van der Waals surface area contributed by atoms with Crippen molar-refractivity contribution in [3.05, 3.63) is 82.9 Å². The number of amides is 1. The lowest BCUT2D eigenvalue weighted by Crippen LogP contribution is -2.45. The SMILES string of the molecule is C[C@]1(O)C2CCC1C[C@@H](S(=O)(=O)c1cc(C(=O)Nc3ccc(F)c(F)c3)c(-c3ccccc3)cc1Cl)C2. The molecule has 37 heavy (non-hydrogen) atoms. The van der Waals surface area contributed by atoms with Crippen LogP contribution < -0.4 is 5.32 Å². The van der Waals surface area contributed by atoms with Crippen LogP contribution in [0, 0.1) is 23.5 Å². The molecule has 2 N–H and O–H groups in total. The third kappa shape index (κ3) is 4.67. The van der Waals surface area contributed by atoms with Crippen LogP contribution in [0.3, 0.4) is 0 Å². The summed E-state index contributed by atoms with van der Waals surface area (Å²) in [5.74, 6) is -3.11. The van der Waals surface area contributed by atoms with Crippen LogP contribution in [0.1, 0.15) is 43.0 Å². The van der Waals surface area contributed by atoms with E-state index in [1.807, 2.05) is 0 Å². The Morgan fingerprint density at radius 1 is 1.00 bits per heavy atom. The average Bonchev–Trinajstić information content (AvgIpc) is 3.02. The van der Waals surface area contributed by atoms with E-state index in [0.717, 1.165) is 25.0 Å². The van der Waals surface area contributed by atoms with Crippen molar-refractivity contribution in [1.82, 2.24) is 0 Å². The fourth-order valence-electron chi connectivity index (χ4n) is 5.79. The lowest BCUT2D eigenvalue weighted by molar-refractivity contribution is -0.0413. The summed E-state index contributed by atoms with van der Waals surface area (Å²) in [6.45, 7) is 1.78. The van der Waals surface area contributed by atoms with Gasteiger partial charge in [0.05, 0.1) is 20.8 Å². The molecule has 0 radical (unpaired) electrons. The number of anilines is 1. The third-order valence-corrected chi connectivity index (χ3v) is 10.6. The van der Waals surface area contributed by atoms with Crippen LogP contribution in [0.2, 0.25) is 5.02 Å². The summed E-state index contributed by atoms with van der Waals surface area (Å²) in [7, 11) is -3.94. The highest BCUT2D eigenvalue weighted by molar-refractivity contribution is 7.92. The van der Waals surface area contributed by atoms with Gasteiger partial charge in [0.25, 0.3) is 5.91 Å². The molecular weight excluding hydrogens is 520 g/mol. The zero-order valence-electron chi connectivity index (χ0n) is 20.0. The number of carbonyl (C=O) groups excluding carboxylic acids is 1. The third-order valence-electron chi connectivity index (χ3n) is 7.94. The first-order valence-electron chi connectivity index (χ1n) is 12.1. The maximum atomic E-state index is 13.8. The highest BCUT2D eigenvalue weighted by atomic mass is 35.5. The van der Waals surface area contributed by atoms with Crippen LogP contribution in [0.5, 0.6) is 0 Å². The monoisotopic (exact) mass is 545 g/mol. The summed E-state index contributed by atoms with van der Waals surface area (Å²) >= 11 is 6.55. The van der Waals surface area contributed by atoms with Crippen molar-refractivity contribution < 1.29 is 27.1 Å². The molecule has 0 heterocycles. The summed E-state index contributed by atoms with van der Waals surface area (Å²) in [6, 6.07) is 14.6. The number of fused-ring (bicyclic) bond motifs is 2. The molecule has 5 nitrogen and oxygen atoms in total. The smallest absolute Gasteiger partial charge is 0.256 e. The summed E-state index contributed by atoms with van der Waals surface area (Å²) in [6.07, 6.45) is 2.18. The van der Waals surface area contributed by atoms with Crippen LogP contribution in [0.4, 0.5) is 14.5 Å².